The topological polar surface area (TPSA) is 86.0 Å². The number of benzene rings is 2. The number of likely N-dealkylation sites (tertiary alicyclic amines) is 1. The fourth-order valence-corrected chi connectivity index (χ4v) is 3.62. The van der Waals surface area contributed by atoms with Crippen LogP contribution in [0.1, 0.15) is 41.2 Å². The van der Waals surface area contributed by atoms with Crippen molar-refractivity contribution in [2.24, 2.45) is 0 Å². The number of nitrogens with zero attached hydrogens (tertiary/aromatic N) is 1. The minimum absolute atomic E-state index is 0.114. The van der Waals surface area contributed by atoms with Gasteiger partial charge in [-0.2, -0.15) is 0 Å². The maximum absolute atomic E-state index is 13.2. The first-order valence-electron chi connectivity index (χ1n) is 8.86. The molecule has 27 heavy (non-hydrogen) atoms. The maximum Gasteiger partial charge on any atom is 0.314 e. The quantitative estimate of drug-likeness (QED) is 0.683. The van der Waals surface area contributed by atoms with Gasteiger partial charge in [-0.3, -0.25) is 14.4 Å². The number of carbonyl (C=O) groups excluding carboxylic acids is 1. The number of piperidine rings is 1. The number of amides is 1. The normalized spacial score (nSPS) is 17.2. The number of H-pyrrole nitrogens is 2. The van der Waals surface area contributed by atoms with Gasteiger partial charge in [0.25, 0.3) is 5.91 Å². The third-order valence-corrected chi connectivity index (χ3v) is 4.99. The van der Waals surface area contributed by atoms with E-state index < -0.39 is 11.1 Å². The van der Waals surface area contributed by atoms with Crippen molar-refractivity contribution in [2.45, 2.75) is 25.3 Å². The van der Waals surface area contributed by atoms with Crippen LogP contribution in [-0.4, -0.2) is 27.3 Å². The van der Waals surface area contributed by atoms with Gasteiger partial charge in [0.05, 0.1) is 17.1 Å². The molecule has 2 aromatic carbocycles. The van der Waals surface area contributed by atoms with E-state index in [2.05, 4.69) is 9.97 Å². The molecule has 1 aromatic heterocycles. The van der Waals surface area contributed by atoms with Crippen LogP contribution in [0.4, 0.5) is 4.39 Å². The van der Waals surface area contributed by atoms with Crippen LogP contribution < -0.4 is 11.1 Å². The number of rotatable bonds is 2. The molecular formula is C20H18FN3O3. The summed E-state index contributed by atoms with van der Waals surface area (Å²) in [4.78, 5) is 42.9. The van der Waals surface area contributed by atoms with Gasteiger partial charge in [-0.1, -0.05) is 12.1 Å². The van der Waals surface area contributed by atoms with Crippen LogP contribution in [0, 0.1) is 5.82 Å². The highest BCUT2D eigenvalue weighted by Crippen LogP contribution is 2.32. The second-order valence-electron chi connectivity index (χ2n) is 6.73. The molecule has 0 saturated carbocycles. The smallest absolute Gasteiger partial charge is 0.314 e. The summed E-state index contributed by atoms with van der Waals surface area (Å²) < 4.78 is 13.2. The molecule has 1 amide bonds. The molecule has 1 saturated heterocycles. The molecule has 7 heteroatoms. The molecule has 1 fully saturated rings. The average molecular weight is 367 g/mol. The van der Waals surface area contributed by atoms with E-state index in [1.165, 1.54) is 12.1 Å². The van der Waals surface area contributed by atoms with Crippen LogP contribution in [0.3, 0.4) is 0 Å². The molecule has 0 spiro atoms. The van der Waals surface area contributed by atoms with Gasteiger partial charge in [-0.15, -0.1) is 0 Å². The molecule has 2 heterocycles. The Morgan fingerprint density at radius 2 is 1.67 bits per heavy atom. The van der Waals surface area contributed by atoms with Crippen LogP contribution in [0.15, 0.2) is 52.1 Å². The third kappa shape index (κ3) is 3.28. The summed E-state index contributed by atoms with van der Waals surface area (Å²) in [6.45, 7) is 0.612. The van der Waals surface area contributed by atoms with Crippen molar-refractivity contribution >= 4 is 16.9 Å². The number of halogens is 1. The molecule has 1 aliphatic heterocycles. The molecule has 0 unspecified atom stereocenters. The third-order valence-electron chi connectivity index (χ3n) is 4.99. The number of carbonyl (C=O) groups is 1. The standard InChI is InChI=1S/C20H18FN3O3/c21-14-7-4-12(5-8-14)17-3-1-2-10-24(17)20(27)13-6-9-15-16(11-13)23-19(26)18(25)22-15/h4-9,11,17H,1-3,10H2,(H,22,25)(H,23,26)/t17-/m1/s1. The molecule has 6 nitrogen and oxygen atoms in total. The highest BCUT2D eigenvalue weighted by molar-refractivity contribution is 5.97. The fraction of sp³-hybridized carbons (Fsp3) is 0.250. The van der Waals surface area contributed by atoms with E-state index in [-0.39, 0.29) is 17.8 Å². The van der Waals surface area contributed by atoms with Gasteiger partial charge >= 0.3 is 11.1 Å². The van der Waals surface area contributed by atoms with Crippen LogP contribution in [0.2, 0.25) is 0 Å². The minimum atomic E-state index is -0.755. The molecular weight excluding hydrogens is 349 g/mol. The molecule has 0 bridgehead atoms. The summed E-state index contributed by atoms with van der Waals surface area (Å²) >= 11 is 0. The van der Waals surface area contributed by atoms with Gasteiger partial charge in [0, 0.05) is 12.1 Å². The fourth-order valence-electron chi connectivity index (χ4n) is 3.62. The van der Waals surface area contributed by atoms with Gasteiger partial charge in [0.15, 0.2) is 0 Å². The predicted molar refractivity (Wildman–Crippen MR) is 99.2 cm³/mol. The zero-order valence-corrected chi connectivity index (χ0v) is 14.5. The zero-order valence-electron chi connectivity index (χ0n) is 14.5. The van der Waals surface area contributed by atoms with Gasteiger partial charge in [0.2, 0.25) is 0 Å². The largest absolute Gasteiger partial charge is 0.332 e. The first-order valence-corrected chi connectivity index (χ1v) is 8.86. The van der Waals surface area contributed by atoms with E-state index in [1.807, 2.05) is 0 Å². The van der Waals surface area contributed by atoms with Crippen molar-refractivity contribution < 1.29 is 9.18 Å². The lowest BCUT2D eigenvalue weighted by molar-refractivity contribution is 0.0611. The maximum atomic E-state index is 13.2. The highest BCUT2D eigenvalue weighted by Gasteiger charge is 2.28. The Labute approximate surface area is 153 Å². The Morgan fingerprint density at radius 1 is 0.963 bits per heavy atom. The second-order valence-corrected chi connectivity index (χ2v) is 6.73. The summed E-state index contributed by atoms with van der Waals surface area (Å²) in [5.74, 6) is -0.460. The van der Waals surface area contributed by atoms with Gasteiger partial charge in [-0.05, 0) is 55.2 Å². The van der Waals surface area contributed by atoms with Crippen molar-refractivity contribution in [3.63, 3.8) is 0 Å². The van der Waals surface area contributed by atoms with Crippen LogP contribution in [-0.2, 0) is 0 Å². The minimum Gasteiger partial charge on any atom is -0.332 e. The molecule has 0 radical (unpaired) electrons. The summed E-state index contributed by atoms with van der Waals surface area (Å²) in [6.07, 6.45) is 2.72. The average Bonchev–Trinajstić information content (AvgIpc) is 2.69. The van der Waals surface area contributed by atoms with Crippen molar-refractivity contribution in [1.29, 1.82) is 0 Å². The molecule has 2 N–H and O–H groups in total. The van der Waals surface area contributed by atoms with Gasteiger partial charge in [0.1, 0.15) is 5.82 Å². The Balaban J connectivity index is 1.70. The second kappa shape index (κ2) is 6.83. The molecule has 3 aromatic rings. The van der Waals surface area contributed by atoms with E-state index in [0.29, 0.717) is 23.1 Å². The molecule has 4 rings (SSSR count). The first-order chi connectivity index (χ1) is 13.0. The summed E-state index contributed by atoms with van der Waals surface area (Å²) in [5, 5.41) is 0. The SMILES string of the molecule is O=C(c1ccc2[nH]c(=O)c(=O)[nH]c2c1)N1CCCC[C@@H]1c1ccc(F)cc1. The summed E-state index contributed by atoms with van der Waals surface area (Å²) in [6, 6.07) is 10.9. The van der Waals surface area contributed by atoms with Crippen molar-refractivity contribution in [3.05, 3.63) is 80.1 Å². The molecule has 1 atom stereocenters. The Hall–Kier alpha value is -3.22. The van der Waals surface area contributed by atoms with Crippen molar-refractivity contribution in [2.75, 3.05) is 6.54 Å². The monoisotopic (exact) mass is 367 g/mol. The van der Waals surface area contributed by atoms with Gasteiger partial charge < -0.3 is 14.9 Å². The number of hydrogen-bond acceptors (Lipinski definition) is 3. The zero-order chi connectivity index (χ0) is 19.0. The highest BCUT2D eigenvalue weighted by atomic mass is 19.1. The summed E-state index contributed by atoms with van der Waals surface area (Å²) in [5.41, 5.74) is 0.719. The number of hydrogen-bond donors (Lipinski definition) is 2. The number of nitrogens with one attached hydrogen (secondary N) is 2. The Morgan fingerprint density at radius 3 is 2.41 bits per heavy atom. The summed E-state index contributed by atoms with van der Waals surface area (Å²) in [7, 11) is 0. The van der Waals surface area contributed by atoms with E-state index in [9.17, 15) is 18.8 Å². The van der Waals surface area contributed by atoms with Gasteiger partial charge in [-0.25, -0.2) is 4.39 Å². The van der Waals surface area contributed by atoms with E-state index in [1.54, 1.807) is 35.2 Å². The van der Waals surface area contributed by atoms with Crippen molar-refractivity contribution in [3.8, 4) is 0 Å². The van der Waals surface area contributed by atoms with E-state index in [4.69, 9.17) is 0 Å². The lowest BCUT2D eigenvalue weighted by atomic mass is 9.94. The van der Waals surface area contributed by atoms with Crippen molar-refractivity contribution in [1.82, 2.24) is 14.9 Å². The van der Waals surface area contributed by atoms with Crippen LogP contribution >= 0.6 is 0 Å². The molecule has 1 aliphatic rings. The Bertz CT molecular complexity index is 1120. The molecule has 0 aliphatic carbocycles. The van der Waals surface area contributed by atoms with Crippen LogP contribution in [0.25, 0.3) is 11.0 Å². The number of aromatic nitrogens is 2. The molecule has 138 valence electrons. The lowest BCUT2D eigenvalue weighted by Gasteiger charge is -2.36. The van der Waals surface area contributed by atoms with Crippen LogP contribution in [0.5, 0.6) is 0 Å². The predicted octanol–water partition coefficient (Wildman–Crippen LogP) is 2.72. The lowest BCUT2D eigenvalue weighted by Crippen LogP contribution is -2.38. The van der Waals surface area contributed by atoms with E-state index in [0.717, 1.165) is 24.8 Å². The number of fused-ring (bicyclic) bond motifs is 1. The number of aromatic amines is 2. The first kappa shape index (κ1) is 17.2. The Kier molecular flexibility index (Phi) is 4.35. The van der Waals surface area contributed by atoms with E-state index >= 15 is 0 Å².